The highest BCUT2D eigenvalue weighted by atomic mass is 35.5. The Bertz CT molecular complexity index is 824. The van der Waals surface area contributed by atoms with Crippen molar-refractivity contribution in [1.82, 2.24) is 10.6 Å². The summed E-state index contributed by atoms with van der Waals surface area (Å²) in [5.41, 5.74) is 0.460. The Morgan fingerprint density at radius 1 is 1.18 bits per heavy atom. The van der Waals surface area contributed by atoms with E-state index in [0.717, 1.165) is 0 Å². The van der Waals surface area contributed by atoms with Gasteiger partial charge in [-0.05, 0) is 48.4 Å². The van der Waals surface area contributed by atoms with Gasteiger partial charge < -0.3 is 20.5 Å². The molecular formula is C19H20ClF3N2O3. The average molecular weight is 417 g/mol. The second kappa shape index (κ2) is 8.81. The van der Waals surface area contributed by atoms with E-state index in [1.807, 2.05) is 0 Å². The summed E-state index contributed by atoms with van der Waals surface area (Å²) < 4.78 is 41.1. The van der Waals surface area contributed by atoms with Gasteiger partial charge in [0.05, 0.1) is 5.60 Å². The van der Waals surface area contributed by atoms with E-state index >= 15 is 0 Å². The molecular weight excluding hydrogens is 397 g/mol. The minimum Gasteiger partial charge on any atom is -0.406 e. The van der Waals surface area contributed by atoms with Gasteiger partial charge in [-0.3, -0.25) is 4.79 Å². The number of nitrogens with one attached hydrogen (secondary N) is 2. The first-order valence-corrected chi connectivity index (χ1v) is 8.42. The largest absolute Gasteiger partial charge is 0.573 e. The second-order valence-corrected chi connectivity index (χ2v) is 6.49. The Balaban J connectivity index is 0.00000280. The number of hydrogen-bond acceptors (Lipinski definition) is 4. The first kappa shape index (κ1) is 22.0. The molecule has 28 heavy (non-hydrogen) atoms. The highest BCUT2D eigenvalue weighted by Gasteiger charge is 2.32. The molecule has 152 valence electrons. The van der Waals surface area contributed by atoms with Crippen molar-refractivity contribution < 1.29 is 27.8 Å². The van der Waals surface area contributed by atoms with Gasteiger partial charge in [0.15, 0.2) is 0 Å². The summed E-state index contributed by atoms with van der Waals surface area (Å²) in [4.78, 5) is 12.4. The summed E-state index contributed by atoms with van der Waals surface area (Å²) in [6.07, 6.45) is -4.21. The first-order chi connectivity index (χ1) is 12.7. The summed E-state index contributed by atoms with van der Waals surface area (Å²) in [7, 11) is 0. The minimum absolute atomic E-state index is 0. The molecule has 3 rings (SSSR count). The maximum atomic E-state index is 12.4. The van der Waals surface area contributed by atoms with E-state index in [1.54, 1.807) is 30.3 Å². The Morgan fingerprint density at radius 3 is 2.50 bits per heavy atom. The summed E-state index contributed by atoms with van der Waals surface area (Å²) in [6.45, 7) is 1.23. The lowest BCUT2D eigenvalue weighted by Gasteiger charge is -2.21. The number of β-amino-alcohol motifs (C(OH)–C–C–N with tert-alkyl or cyclic N) is 1. The molecule has 2 aromatic rings. The van der Waals surface area contributed by atoms with Gasteiger partial charge in [-0.15, -0.1) is 25.6 Å². The Labute approximate surface area is 166 Å². The molecule has 0 aliphatic carbocycles. The Hall–Kier alpha value is -2.29. The number of alkyl halides is 3. The van der Waals surface area contributed by atoms with Crippen LogP contribution in [0.4, 0.5) is 13.2 Å². The van der Waals surface area contributed by atoms with Crippen LogP contribution in [0.5, 0.6) is 5.75 Å². The third kappa shape index (κ3) is 5.85. The topological polar surface area (TPSA) is 70.6 Å². The quantitative estimate of drug-likeness (QED) is 0.700. The first-order valence-electron chi connectivity index (χ1n) is 8.42. The van der Waals surface area contributed by atoms with Crippen molar-refractivity contribution in [3.05, 3.63) is 54.1 Å². The van der Waals surface area contributed by atoms with Crippen LogP contribution in [-0.4, -0.2) is 42.6 Å². The SMILES string of the molecule is Cl.O=C(NCC1(O)CCNC1)c1cccc(-c2cccc(OC(F)(F)F)c2)c1. The molecule has 2 aromatic carbocycles. The number of carbonyl (C=O) groups excluding carboxylic acids is 1. The molecule has 9 heteroatoms. The molecule has 0 bridgehead atoms. The zero-order chi connectivity index (χ0) is 19.5. The van der Waals surface area contributed by atoms with Crippen molar-refractivity contribution in [3.63, 3.8) is 0 Å². The van der Waals surface area contributed by atoms with Crippen LogP contribution in [-0.2, 0) is 0 Å². The number of rotatable bonds is 5. The molecule has 1 unspecified atom stereocenters. The lowest BCUT2D eigenvalue weighted by Crippen LogP contribution is -2.44. The third-order valence-corrected chi connectivity index (χ3v) is 4.32. The summed E-state index contributed by atoms with van der Waals surface area (Å²) in [5.74, 6) is -0.689. The van der Waals surface area contributed by atoms with Gasteiger partial charge in [-0.25, -0.2) is 0 Å². The second-order valence-electron chi connectivity index (χ2n) is 6.49. The Morgan fingerprint density at radius 2 is 1.86 bits per heavy atom. The fourth-order valence-corrected chi connectivity index (χ4v) is 2.94. The summed E-state index contributed by atoms with van der Waals surface area (Å²) >= 11 is 0. The lowest BCUT2D eigenvalue weighted by atomic mass is 10.0. The zero-order valence-corrected chi connectivity index (χ0v) is 15.6. The van der Waals surface area contributed by atoms with Gasteiger partial charge in [-0.1, -0.05) is 24.3 Å². The molecule has 1 aliphatic rings. The predicted molar refractivity (Wildman–Crippen MR) is 101 cm³/mol. The van der Waals surface area contributed by atoms with Crippen LogP contribution in [0.15, 0.2) is 48.5 Å². The van der Waals surface area contributed by atoms with Crippen molar-refractivity contribution in [2.45, 2.75) is 18.4 Å². The van der Waals surface area contributed by atoms with E-state index in [1.165, 1.54) is 18.2 Å². The average Bonchev–Trinajstić information content (AvgIpc) is 3.06. The summed E-state index contributed by atoms with van der Waals surface area (Å²) in [6, 6.07) is 12.1. The van der Waals surface area contributed by atoms with Crippen molar-refractivity contribution in [3.8, 4) is 16.9 Å². The van der Waals surface area contributed by atoms with Crippen molar-refractivity contribution >= 4 is 18.3 Å². The van der Waals surface area contributed by atoms with Crippen molar-refractivity contribution in [1.29, 1.82) is 0 Å². The van der Waals surface area contributed by atoms with Crippen LogP contribution < -0.4 is 15.4 Å². The molecule has 1 amide bonds. The molecule has 1 atom stereocenters. The highest BCUT2D eigenvalue weighted by Crippen LogP contribution is 2.28. The van der Waals surface area contributed by atoms with Gasteiger partial charge in [0, 0.05) is 18.7 Å². The van der Waals surface area contributed by atoms with E-state index in [9.17, 15) is 23.1 Å². The third-order valence-electron chi connectivity index (χ3n) is 4.32. The molecule has 5 nitrogen and oxygen atoms in total. The fourth-order valence-electron chi connectivity index (χ4n) is 2.94. The molecule has 0 aromatic heterocycles. The van der Waals surface area contributed by atoms with Crippen LogP contribution in [0.25, 0.3) is 11.1 Å². The number of ether oxygens (including phenoxy) is 1. The lowest BCUT2D eigenvalue weighted by molar-refractivity contribution is -0.274. The molecule has 0 spiro atoms. The van der Waals surface area contributed by atoms with Crippen molar-refractivity contribution in [2.75, 3.05) is 19.6 Å². The molecule has 1 aliphatic heterocycles. The van der Waals surface area contributed by atoms with Crippen molar-refractivity contribution in [2.24, 2.45) is 0 Å². The number of amides is 1. The van der Waals surface area contributed by atoms with E-state index in [-0.39, 0.29) is 30.6 Å². The van der Waals surface area contributed by atoms with Crippen LogP contribution >= 0.6 is 12.4 Å². The van der Waals surface area contributed by atoms with Gasteiger partial charge in [-0.2, -0.15) is 0 Å². The fraction of sp³-hybridized carbons (Fsp3) is 0.316. The predicted octanol–water partition coefficient (Wildman–Crippen LogP) is 3.13. The van der Waals surface area contributed by atoms with E-state index in [0.29, 0.717) is 36.2 Å². The molecule has 3 N–H and O–H groups in total. The van der Waals surface area contributed by atoms with E-state index in [2.05, 4.69) is 15.4 Å². The maximum absolute atomic E-state index is 12.4. The maximum Gasteiger partial charge on any atom is 0.573 e. The van der Waals surface area contributed by atoms with Gasteiger partial charge in [0.1, 0.15) is 5.75 Å². The molecule has 0 radical (unpaired) electrons. The molecule has 0 saturated carbocycles. The van der Waals surface area contributed by atoms with Crippen LogP contribution in [0.3, 0.4) is 0 Å². The number of hydrogen-bond donors (Lipinski definition) is 3. The number of halogens is 4. The van der Waals surface area contributed by atoms with E-state index < -0.39 is 12.0 Å². The highest BCUT2D eigenvalue weighted by molar-refractivity contribution is 5.95. The van der Waals surface area contributed by atoms with Gasteiger partial charge >= 0.3 is 6.36 Å². The minimum atomic E-state index is -4.77. The number of carbonyl (C=O) groups is 1. The molecule has 1 heterocycles. The molecule has 1 fully saturated rings. The standard InChI is InChI=1S/C19H19F3N2O3.ClH/c20-19(21,22)27-16-6-2-4-14(10-16)13-3-1-5-15(9-13)17(25)24-12-18(26)7-8-23-11-18;/h1-6,9-10,23,26H,7-8,11-12H2,(H,24,25);1H. The normalized spacial score (nSPS) is 19.0. The van der Waals surface area contributed by atoms with Gasteiger partial charge in [0.2, 0.25) is 0 Å². The summed E-state index contributed by atoms with van der Waals surface area (Å²) in [5, 5.41) is 16.0. The molecule has 1 saturated heterocycles. The number of aliphatic hydroxyl groups is 1. The van der Waals surface area contributed by atoms with Crippen LogP contribution in [0.2, 0.25) is 0 Å². The smallest absolute Gasteiger partial charge is 0.406 e. The van der Waals surface area contributed by atoms with Gasteiger partial charge in [0.25, 0.3) is 5.91 Å². The monoisotopic (exact) mass is 416 g/mol. The van der Waals surface area contributed by atoms with Crippen LogP contribution in [0.1, 0.15) is 16.8 Å². The van der Waals surface area contributed by atoms with Crippen LogP contribution in [0, 0.1) is 0 Å². The Kier molecular flexibility index (Phi) is 6.92. The van der Waals surface area contributed by atoms with E-state index in [4.69, 9.17) is 0 Å². The number of benzene rings is 2. The zero-order valence-electron chi connectivity index (χ0n) is 14.8.